The number of rotatable bonds is 7. The van der Waals surface area contributed by atoms with Crippen molar-refractivity contribution in [3.63, 3.8) is 0 Å². The Bertz CT molecular complexity index is 612. The number of sulfonamides is 1. The molecule has 2 atom stereocenters. The zero-order chi connectivity index (χ0) is 16.2. The molecule has 0 aliphatic rings. The van der Waals surface area contributed by atoms with Crippen LogP contribution in [-0.4, -0.2) is 32.1 Å². The summed E-state index contributed by atoms with van der Waals surface area (Å²) in [5.74, 6) is -1.24. The first-order valence-corrected chi connectivity index (χ1v) is 8.16. The largest absolute Gasteiger partial charge is 0.494 e. The molecule has 0 aromatic heterocycles. The number of hydrogen-bond donors (Lipinski definition) is 2. The average molecular weight is 315 g/mol. The van der Waals surface area contributed by atoms with E-state index in [4.69, 9.17) is 9.84 Å². The Hall–Kier alpha value is -1.60. The van der Waals surface area contributed by atoms with Gasteiger partial charge in [-0.1, -0.05) is 6.92 Å². The number of aliphatic carboxylic acids is 1. The summed E-state index contributed by atoms with van der Waals surface area (Å²) in [7, 11) is -3.76. The van der Waals surface area contributed by atoms with E-state index in [-0.39, 0.29) is 4.90 Å². The van der Waals surface area contributed by atoms with Gasteiger partial charge in [-0.05, 0) is 44.5 Å². The maximum Gasteiger partial charge on any atom is 0.307 e. The molecule has 6 nitrogen and oxygen atoms in total. The number of nitrogens with one attached hydrogen (secondary N) is 1. The normalized spacial score (nSPS) is 14.5. The van der Waals surface area contributed by atoms with E-state index < -0.39 is 28.0 Å². The van der Waals surface area contributed by atoms with Crippen molar-refractivity contribution in [2.45, 2.75) is 38.6 Å². The quantitative estimate of drug-likeness (QED) is 0.800. The zero-order valence-electron chi connectivity index (χ0n) is 12.6. The average Bonchev–Trinajstić information content (AvgIpc) is 2.39. The number of carbonyl (C=O) groups is 1. The van der Waals surface area contributed by atoms with Crippen LogP contribution in [0.5, 0.6) is 5.75 Å². The SMILES string of the molecule is CCOc1ccc(S(=O)(=O)NC(C)C(C)C(=O)O)cc1C. The molecule has 118 valence electrons. The fraction of sp³-hybridized carbons (Fsp3) is 0.500. The van der Waals surface area contributed by atoms with Gasteiger partial charge in [0.2, 0.25) is 10.0 Å². The third kappa shape index (κ3) is 4.44. The summed E-state index contributed by atoms with van der Waals surface area (Å²) >= 11 is 0. The maximum absolute atomic E-state index is 12.2. The van der Waals surface area contributed by atoms with E-state index in [1.165, 1.54) is 26.0 Å². The molecule has 0 aliphatic heterocycles. The molecule has 7 heteroatoms. The van der Waals surface area contributed by atoms with Gasteiger partial charge in [-0.2, -0.15) is 0 Å². The Morgan fingerprint density at radius 3 is 2.48 bits per heavy atom. The van der Waals surface area contributed by atoms with Gasteiger partial charge in [0.1, 0.15) is 5.75 Å². The lowest BCUT2D eigenvalue weighted by atomic mass is 10.1. The van der Waals surface area contributed by atoms with Gasteiger partial charge in [-0.3, -0.25) is 4.79 Å². The highest BCUT2D eigenvalue weighted by atomic mass is 32.2. The molecule has 2 N–H and O–H groups in total. The van der Waals surface area contributed by atoms with Crippen molar-refractivity contribution in [1.29, 1.82) is 0 Å². The van der Waals surface area contributed by atoms with E-state index in [9.17, 15) is 13.2 Å². The third-order valence-corrected chi connectivity index (χ3v) is 4.79. The standard InChI is InChI=1S/C14H21NO5S/c1-5-20-13-7-6-12(8-9(13)2)21(18,19)15-11(4)10(3)14(16)17/h6-8,10-11,15H,5H2,1-4H3,(H,16,17). The number of carboxylic acid groups (broad SMARTS) is 1. The summed E-state index contributed by atoms with van der Waals surface area (Å²) in [4.78, 5) is 11.0. The lowest BCUT2D eigenvalue weighted by Crippen LogP contribution is -2.39. The topological polar surface area (TPSA) is 92.7 Å². The second-order valence-corrected chi connectivity index (χ2v) is 6.61. The van der Waals surface area contributed by atoms with Crippen LogP contribution in [0.15, 0.2) is 23.1 Å². The maximum atomic E-state index is 12.2. The summed E-state index contributed by atoms with van der Waals surface area (Å²) < 4.78 is 32.2. The minimum absolute atomic E-state index is 0.0906. The van der Waals surface area contributed by atoms with Crippen LogP contribution in [0, 0.1) is 12.8 Å². The van der Waals surface area contributed by atoms with Crippen molar-refractivity contribution >= 4 is 16.0 Å². The minimum Gasteiger partial charge on any atom is -0.494 e. The van der Waals surface area contributed by atoms with Crippen LogP contribution in [0.1, 0.15) is 26.3 Å². The van der Waals surface area contributed by atoms with Gasteiger partial charge < -0.3 is 9.84 Å². The molecule has 0 bridgehead atoms. The lowest BCUT2D eigenvalue weighted by molar-refractivity contribution is -0.141. The highest BCUT2D eigenvalue weighted by molar-refractivity contribution is 7.89. The monoisotopic (exact) mass is 315 g/mol. The Morgan fingerprint density at radius 2 is 2.00 bits per heavy atom. The van der Waals surface area contributed by atoms with Crippen LogP contribution >= 0.6 is 0 Å². The number of aryl methyl sites for hydroxylation is 1. The first-order valence-electron chi connectivity index (χ1n) is 6.67. The van der Waals surface area contributed by atoms with Gasteiger partial charge in [0.25, 0.3) is 0 Å². The first-order chi connectivity index (χ1) is 9.69. The van der Waals surface area contributed by atoms with Crippen molar-refractivity contribution < 1.29 is 23.1 Å². The summed E-state index contributed by atoms with van der Waals surface area (Å²) in [5.41, 5.74) is 0.707. The van der Waals surface area contributed by atoms with E-state index in [1.54, 1.807) is 13.0 Å². The molecule has 0 spiro atoms. The predicted octanol–water partition coefficient (Wildman–Crippen LogP) is 1.78. The number of hydrogen-bond acceptors (Lipinski definition) is 4. The van der Waals surface area contributed by atoms with Gasteiger partial charge in [-0.15, -0.1) is 0 Å². The van der Waals surface area contributed by atoms with E-state index in [2.05, 4.69) is 4.72 Å². The van der Waals surface area contributed by atoms with Gasteiger partial charge in [0.15, 0.2) is 0 Å². The molecule has 1 aromatic rings. The van der Waals surface area contributed by atoms with Crippen molar-refractivity contribution in [2.75, 3.05) is 6.61 Å². The van der Waals surface area contributed by atoms with Crippen LogP contribution in [-0.2, 0) is 14.8 Å². The molecule has 2 unspecified atom stereocenters. The molecule has 0 amide bonds. The van der Waals surface area contributed by atoms with Crippen molar-refractivity contribution in [3.05, 3.63) is 23.8 Å². The Balaban J connectivity index is 2.98. The highest BCUT2D eigenvalue weighted by Crippen LogP contribution is 2.22. The van der Waals surface area contributed by atoms with Gasteiger partial charge in [0.05, 0.1) is 17.4 Å². The van der Waals surface area contributed by atoms with Crippen molar-refractivity contribution in [3.8, 4) is 5.75 Å². The van der Waals surface area contributed by atoms with Crippen LogP contribution in [0.25, 0.3) is 0 Å². The second-order valence-electron chi connectivity index (χ2n) is 4.90. The Kier molecular flexibility index (Phi) is 5.74. The number of benzene rings is 1. The molecular formula is C14H21NO5S. The zero-order valence-corrected chi connectivity index (χ0v) is 13.4. The van der Waals surface area contributed by atoms with Crippen molar-refractivity contribution in [2.24, 2.45) is 5.92 Å². The minimum atomic E-state index is -3.76. The van der Waals surface area contributed by atoms with E-state index in [0.29, 0.717) is 17.9 Å². The molecule has 0 aliphatic carbocycles. The number of carboxylic acids is 1. The molecule has 0 saturated heterocycles. The molecule has 21 heavy (non-hydrogen) atoms. The molecule has 1 aromatic carbocycles. The van der Waals surface area contributed by atoms with Gasteiger partial charge >= 0.3 is 5.97 Å². The van der Waals surface area contributed by atoms with Crippen molar-refractivity contribution in [1.82, 2.24) is 4.72 Å². The van der Waals surface area contributed by atoms with Crippen LogP contribution < -0.4 is 9.46 Å². The fourth-order valence-corrected chi connectivity index (χ4v) is 3.14. The van der Waals surface area contributed by atoms with Crippen LogP contribution in [0.2, 0.25) is 0 Å². The number of ether oxygens (including phenoxy) is 1. The van der Waals surface area contributed by atoms with E-state index in [0.717, 1.165) is 0 Å². The summed E-state index contributed by atoms with van der Waals surface area (Å²) in [6.07, 6.45) is 0. The van der Waals surface area contributed by atoms with Gasteiger partial charge in [-0.25, -0.2) is 13.1 Å². The third-order valence-electron chi connectivity index (χ3n) is 3.24. The molecule has 0 saturated carbocycles. The lowest BCUT2D eigenvalue weighted by Gasteiger charge is -2.18. The molecule has 0 heterocycles. The van der Waals surface area contributed by atoms with Crippen LogP contribution in [0.4, 0.5) is 0 Å². The predicted molar refractivity (Wildman–Crippen MR) is 78.9 cm³/mol. The Labute approximate surface area is 125 Å². The first kappa shape index (κ1) is 17.5. The highest BCUT2D eigenvalue weighted by Gasteiger charge is 2.25. The van der Waals surface area contributed by atoms with Crippen LogP contribution in [0.3, 0.4) is 0 Å². The molecular weight excluding hydrogens is 294 g/mol. The molecule has 1 rings (SSSR count). The molecule has 0 radical (unpaired) electrons. The second kappa shape index (κ2) is 6.91. The molecule has 0 fully saturated rings. The summed E-state index contributed by atoms with van der Waals surface area (Å²) in [6.45, 7) is 7.09. The smallest absolute Gasteiger partial charge is 0.307 e. The fourth-order valence-electron chi connectivity index (χ4n) is 1.74. The Morgan fingerprint density at radius 1 is 1.38 bits per heavy atom. The summed E-state index contributed by atoms with van der Waals surface area (Å²) in [6, 6.07) is 3.84. The summed E-state index contributed by atoms with van der Waals surface area (Å²) in [5, 5.41) is 8.91. The van der Waals surface area contributed by atoms with Gasteiger partial charge in [0, 0.05) is 6.04 Å². The van der Waals surface area contributed by atoms with E-state index in [1.807, 2.05) is 6.92 Å². The van der Waals surface area contributed by atoms with E-state index >= 15 is 0 Å².